The van der Waals surface area contributed by atoms with Crippen LogP contribution in [0.3, 0.4) is 0 Å². The molecule has 0 aliphatic rings. The number of ether oxygens (including phenoxy) is 1. The number of aryl methyl sites for hydroxylation is 1. The number of hydrogen-bond acceptors (Lipinski definition) is 5. The highest BCUT2D eigenvalue weighted by molar-refractivity contribution is 6.39. The van der Waals surface area contributed by atoms with Gasteiger partial charge in [0.2, 0.25) is 0 Å². The number of amides is 2. The number of nitrogens with zero attached hydrogens (tertiary/aromatic N) is 1. The molecule has 0 atom stereocenters. The highest BCUT2D eigenvalue weighted by Gasteiger charge is 2.12. The summed E-state index contributed by atoms with van der Waals surface area (Å²) >= 11 is 0. The quantitative estimate of drug-likeness (QED) is 0.157. The first kappa shape index (κ1) is 22.2. The highest BCUT2D eigenvalue weighted by Crippen LogP contribution is 2.12. The molecule has 0 aliphatic carbocycles. The average molecular weight is 427 g/mol. The van der Waals surface area contributed by atoms with Crippen molar-refractivity contribution < 1.29 is 19.1 Å². The van der Waals surface area contributed by atoms with Gasteiger partial charge in [0.15, 0.2) is 0 Å². The van der Waals surface area contributed by atoms with Crippen molar-refractivity contribution in [1.82, 2.24) is 5.43 Å². The Morgan fingerprint density at radius 3 is 2.19 bits per heavy atom. The maximum atomic E-state index is 11.9. The zero-order chi connectivity index (χ0) is 22.8. The third-order valence-corrected chi connectivity index (χ3v) is 4.21. The number of carbonyl (C=O) groups is 3. The predicted molar refractivity (Wildman–Crippen MR) is 123 cm³/mol. The van der Waals surface area contributed by atoms with E-state index in [1.807, 2.05) is 49.4 Å². The van der Waals surface area contributed by atoms with Crippen LogP contribution in [0, 0.1) is 6.92 Å². The van der Waals surface area contributed by atoms with Crippen molar-refractivity contribution in [3.05, 3.63) is 102 Å². The van der Waals surface area contributed by atoms with E-state index in [9.17, 15) is 14.4 Å². The van der Waals surface area contributed by atoms with E-state index in [0.717, 1.165) is 11.1 Å². The van der Waals surface area contributed by atoms with Crippen molar-refractivity contribution in [2.45, 2.75) is 6.92 Å². The Labute approximate surface area is 185 Å². The summed E-state index contributed by atoms with van der Waals surface area (Å²) in [4.78, 5) is 35.6. The van der Waals surface area contributed by atoms with Crippen LogP contribution in [0.4, 0.5) is 5.69 Å². The Balaban J connectivity index is 1.46. The minimum Gasteiger partial charge on any atom is -0.423 e. The largest absolute Gasteiger partial charge is 0.423 e. The second-order valence-electron chi connectivity index (χ2n) is 6.75. The predicted octanol–water partition coefficient (Wildman–Crippen LogP) is 3.70. The topological polar surface area (TPSA) is 96.9 Å². The van der Waals surface area contributed by atoms with Gasteiger partial charge in [-0.2, -0.15) is 5.10 Å². The molecule has 3 aromatic rings. The number of anilines is 1. The highest BCUT2D eigenvalue weighted by atomic mass is 16.5. The molecular weight excluding hydrogens is 406 g/mol. The fraction of sp³-hybridized carbons (Fsp3) is 0.0400. The van der Waals surface area contributed by atoms with Gasteiger partial charge in [-0.1, -0.05) is 48.0 Å². The second-order valence-corrected chi connectivity index (χ2v) is 6.75. The lowest BCUT2D eigenvalue weighted by Gasteiger charge is -2.04. The van der Waals surface area contributed by atoms with E-state index >= 15 is 0 Å². The minimum absolute atomic E-state index is 0.367. The van der Waals surface area contributed by atoms with Crippen LogP contribution in [0.15, 0.2) is 90.0 Å². The van der Waals surface area contributed by atoms with E-state index in [2.05, 4.69) is 15.8 Å². The lowest BCUT2D eigenvalue weighted by Crippen LogP contribution is -2.32. The Hall–Kier alpha value is -4.52. The first-order valence-corrected chi connectivity index (χ1v) is 9.76. The number of nitrogens with one attached hydrogen (secondary N) is 2. The molecule has 0 fully saturated rings. The van der Waals surface area contributed by atoms with Gasteiger partial charge in [0.05, 0.1) is 6.21 Å². The summed E-state index contributed by atoms with van der Waals surface area (Å²) in [6.07, 6.45) is 4.39. The maximum absolute atomic E-state index is 11.9. The molecule has 0 unspecified atom stereocenters. The van der Waals surface area contributed by atoms with Gasteiger partial charge in [0.25, 0.3) is 0 Å². The van der Waals surface area contributed by atoms with Gasteiger partial charge in [-0.15, -0.1) is 0 Å². The van der Waals surface area contributed by atoms with Gasteiger partial charge >= 0.3 is 17.8 Å². The van der Waals surface area contributed by atoms with Crippen LogP contribution in [-0.4, -0.2) is 24.0 Å². The lowest BCUT2D eigenvalue weighted by molar-refractivity contribution is -0.136. The summed E-state index contributed by atoms with van der Waals surface area (Å²) in [6.45, 7) is 1.92. The van der Waals surface area contributed by atoms with Gasteiger partial charge in [-0.3, -0.25) is 9.59 Å². The van der Waals surface area contributed by atoms with Crippen molar-refractivity contribution in [3.8, 4) is 5.75 Å². The molecule has 3 aromatic carbocycles. The van der Waals surface area contributed by atoms with Crippen molar-refractivity contribution >= 4 is 35.8 Å². The lowest BCUT2D eigenvalue weighted by atomic mass is 10.2. The van der Waals surface area contributed by atoms with Crippen LogP contribution in [0.2, 0.25) is 0 Å². The van der Waals surface area contributed by atoms with Crippen LogP contribution in [0.1, 0.15) is 16.7 Å². The van der Waals surface area contributed by atoms with E-state index in [1.54, 1.807) is 42.5 Å². The molecule has 0 bridgehead atoms. The van der Waals surface area contributed by atoms with Crippen LogP contribution in [0.5, 0.6) is 5.75 Å². The van der Waals surface area contributed by atoms with Crippen LogP contribution < -0.4 is 15.5 Å². The van der Waals surface area contributed by atoms with Crippen molar-refractivity contribution in [3.63, 3.8) is 0 Å². The molecule has 2 amide bonds. The number of esters is 1. The zero-order valence-electron chi connectivity index (χ0n) is 17.3. The van der Waals surface area contributed by atoms with Crippen LogP contribution in [0.25, 0.3) is 6.08 Å². The average Bonchev–Trinajstić information content (AvgIpc) is 2.81. The molecule has 32 heavy (non-hydrogen) atoms. The molecule has 0 spiro atoms. The third kappa shape index (κ3) is 7.07. The van der Waals surface area contributed by atoms with Crippen molar-refractivity contribution in [1.29, 1.82) is 0 Å². The minimum atomic E-state index is -0.891. The molecule has 0 aromatic heterocycles. The fourth-order valence-electron chi connectivity index (χ4n) is 2.54. The van der Waals surface area contributed by atoms with Crippen LogP contribution in [-0.2, 0) is 14.4 Å². The monoisotopic (exact) mass is 427 g/mol. The second kappa shape index (κ2) is 11.0. The third-order valence-electron chi connectivity index (χ3n) is 4.21. The van der Waals surface area contributed by atoms with E-state index in [1.165, 1.54) is 12.3 Å². The Morgan fingerprint density at radius 2 is 1.50 bits per heavy atom. The molecular formula is C25H21N3O4. The molecule has 2 N–H and O–H groups in total. The van der Waals surface area contributed by atoms with E-state index in [0.29, 0.717) is 17.0 Å². The summed E-state index contributed by atoms with van der Waals surface area (Å²) in [5.74, 6) is -1.84. The SMILES string of the molecule is Cc1ccc(NC(=O)C(=O)N/N=C\c2ccc(OC(=O)/C=C/c3ccccc3)cc2)cc1. The smallest absolute Gasteiger partial charge is 0.336 e. The molecule has 0 radical (unpaired) electrons. The first-order valence-electron chi connectivity index (χ1n) is 9.76. The molecule has 7 heteroatoms. The number of benzene rings is 3. The van der Waals surface area contributed by atoms with Gasteiger partial charge in [0, 0.05) is 11.8 Å². The van der Waals surface area contributed by atoms with E-state index in [-0.39, 0.29) is 0 Å². The molecule has 0 saturated heterocycles. The standard InChI is InChI=1S/C25H21N3O4/c1-18-7-12-21(13-8-18)27-24(30)25(31)28-26-17-20-9-14-22(15-10-20)32-23(29)16-11-19-5-3-2-4-6-19/h2-17H,1H3,(H,27,30)(H,28,31)/b16-11+,26-17-. The molecule has 3 rings (SSSR count). The molecule has 0 aliphatic heterocycles. The van der Waals surface area contributed by atoms with Gasteiger partial charge < -0.3 is 10.1 Å². The van der Waals surface area contributed by atoms with Crippen molar-refractivity contribution in [2.24, 2.45) is 5.10 Å². The van der Waals surface area contributed by atoms with Crippen LogP contribution >= 0.6 is 0 Å². The fourth-order valence-corrected chi connectivity index (χ4v) is 2.54. The Morgan fingerprint density at radius 1 is 0.812 bits per heavy atom. The Bertz CT molecular complexity index is 1140. The molecule has 0 saturated carbocycles. The van der Waals surface area contributed by atoms with Gasteiger partial charge in [-0.25, -0.2) is 10.2 Å². The number of hydrogen-bond donors (Lipinski definition) is 2. The Kier molecular flexibility index (Phi) is 7.64. The van der Waals surface area contributed by atoms with E-state index in [4.69, 9.17) is 4.74 Å². The molecule has 7 nitrogen and oxygen atoms in total. The normalized spacial score (nSPS) is 10.8. The zero-order valence-corrected chi connectivity index (χ0v) is 17.3. The number of rotatable bonds is 6. The summed E-state index contributed by atoms with van der Waals surface area (Å²) < 4.78 is 5.24. The van der Waals surface area contributed by atoms with Crippen molar-refractivity contribution in [2.75, 3.05) is 5.32 Å². The summed E-state index contributed by atoms with van der Waals surface area (Å²) in [5.41, 5.74) is 5.26. The molecule has 0 heterocycles. The molecule has 160 valence electrons. The van der Waals surface area contributed by atoms with Gasteiger partial charge in [0.1, 0.15) is 5.75 Å². The first-order chi connectivity index (χ1) is 15.5. The van der Waals surface area contributed by atoms with Gasteiger partial charge in [-0.05, 0) is 60.5 Å². The van der Waals surface area contributed by atoms with E-state index < -0.39 is 17.8 Å². The summed E-state index contributed by atoms with van der Waals surface area (Å²) in [5, 5.41) is 6.25. The summed E-state index contributed by atoms with van der Waals surface area (Å²) in [6, 6.07) is 23.0. The summed E-state index contributed by atoms with van der Waals surface area (Å²) in [7, 11) is 0. The number of hydrazone groups is 1. The maximum Gasteiger partial charge on any atom is 0.336 e. The number of carbonyl (C=O) groups excluding carboxylic acids is 3.